The smallest absolute Gasteiger partial charge is 0.231 e. The molecule has 0 aliphatic carbocycles. The molecule has 0 atom stereocenters. The summed E-state index contributed by atoms with van der Waals surface area (Å²) in [5.74, 6) is 2.14. The van der Waals surface area contributed by atoms with E-state index < -0.39 is 0 Å². The van der Waals surface area contributed by atoms with Crippen molar-refractivity contribution in [3.8, 4) is 45.6 Å². The van der Waals surface area contributed by atoms with E-state index in [0.717, 1.165) is 0 Å². The van der Waals surface area contributed by atoms with Gasteiger partial charge in [0, 0.05) is 0 Å². The number of rotatable bonds is 5. The van der Waals surface area contributed by atoms with E-state index in [-0.39, 0.29) is 46.2 Å². The molecule has 8 heteroatoms. The van der Waals surface area contributed by atoms with E-state index >= 15 is 0 Å². The molecule has 1 aromatic heterocycles. The second-order valence-electron chi connectivity index (χ2n) is 5.88. The van der Waals surface area contributed by atoms with Gasteiger partial charge in [-0.15, -0.1) is 0 Å². The lowest BCUT2D eigenvalue weighted by atomic mass is 10.0. The lowest BCUT2D eigenvalue weighted by Crippen LogP contribution is -2.09. The van der Waals surface area contributed by atoms with Gasteiger partial charge in [0.15, 0.2) is 22.8 Å². The summed E-state index contributed by atoms with van der Waals surface area (Å²) in [6, 6.07) is 5.23. The van der Waals surface area contributed by atoms with Crippen LogP contribution in [0.4, 0.5) is 0 Å². The van der Waals surface area contributed by atoms with Crippen molar-refractivity contribution in [1.82, 2.24) is 0 Å². The first kappa shape index (κ1) is 17.8. The predicted octanol–water partition coefficient (Wildman–Crippen LogP) is 3.22. The Kier molecular flexibility index (Phi) is 4.38. The van der Waals surface area contributed by atoms with Crippen LogP contribution < -0.4 is 33.8 Å². The molecule has 28 heavy (non-hydrogen) atoms. The molecular formula is C20H18O8. The Bertz CT molecular complexity index is 1120. The van der Waals surface area contributed by atoms with Gasteiger partial charge in [0.05, 0.1) is 34.0 Å². The summed E-state index contributed by atoms with van der Waals surface area (Å²) < 4.78 is 38.2. The molecule has 1 aliphatic heterocycles. The SMILES string of the molecule is COc1c(OC)c(OC)c2c(=O)c(-c3ccc4c(c3)OCO4)coc2c1OC. The summed E-state index contributed by atoms with van der Waals surface area (Å²) in [5, 5.41) is 0.187. The average molecular weight is 386 g/mol. The number of hydrogen-bond acceptors (Lipinski definition) is 8. The first-order chi connectivity index (χ1) is 13.6. The van der Waals surface area contributed by atoms with Crippen LogP contribution in [0.5, 0.6) is 34.5 Å². The molecule has 0 saturated carbocycles. The molecule has 2 aromatic carbocycles. The normalized spacial score (nSPS) is 12.1. The number of ether oxygens (including phenoxy) is 6. The molecule has 8 nitrogen and oxygen atoms in total. The highest BCUT2D eigenvalue weighted by molar-refractivity contribution is 5.96. The molecule has 0 bridgehead atoms. The molecule has 0 fully saturated rings. The van der Waals surface area contributed by atoms with Gasteiger partial charge in [0.1, 0.15) is 11.6 Å². The number of hydrogen-bond donors (Lipinski definition) is 0. The standard InChI is InChI=1S/C20H18O8/c1-22-16-14-15(21)11(10-5-6-12-13(7-10)28-9-27-12)8-26-17(14)19(24-3)20(25-4)18(16)23-2/h5-8H,9H2,1-4H3. The predicted molar refractivity (Wildman–Crippen MR) is 100 cm³/mol. The average Bonchev–Trinajstić information content (AvgIpc) is 3.19. The van der Waals surface area contributed by atoms with Gasteiger partial charge in [-0.25, -0.2) is 0 Å². The molecule has 0 amide bonds. The van der Waals surface area contributed by atoms with Gasteiger partial charge in [0.2, 0.25) is 29.5 Å². The van der Waals surface area contributed by atoms with Gasteiger partial charge < -0.3 is 32.8 Å². The molecule has 0 saturated heterocycles. The second kappa shape index (κ2) is 6.88. The molecule has 0 N–H and O–H groups in total. The Morgan fingerprint density at radius 2 is 1.46 bits per heavy atom. The summed E-state index contributed by atoms with van der Waals surface area (Å²) >= 11 is 0. The summed E-state index contributed by atoms with van der Waals surface area (Å²) in [6.45, 7) is 0.146. The second-order valence-corrected chi connectivity index (χ2v) is 5.88. The fourth-order valence-corrected chi connectivity index (χ4v) is 3.28. The van der Waals surface area contributed by atoms with E-state index in [0.29, 0.717) is 22.6 Å². The maximum atomic E-state index is 13.4. The summed E-state index contributed by atoms with van der Waals surface area (Å²) in [7, 11) is 5.81. The van der Waals surface area contributed by atoms with Gasteiger partial charge in [-0.05, 0) is 17.7 Å². The third-order valence-corrected chi connectivity index (χ3v) is 4.55. The molecule has 0 spiro atoms. The van der Waals surface area contributed by atoms with E-state index in [1.165, 1.54) is 34.7 Å². The van der Waals surface area contributed by atoms with Crippen LogP contribution in [0.2, 0.25) is 0 Å². The Labute approximate surface area is 160 Å². The van der Waals surface area contributed by atoms with Gasteiger partial charge in [-0.1, -0.05) is 6.07 Å². The van der Waals surface area contributed by atoms with E-state index in [2.05, 4.69) is 0 Å². The maximum Gasteiger partial charge on any atom is 0.231 e. The topological polar surface area (TPSA) is 85.6 Å². The summed E-state index contributed by atoms with van der Waals surface area (Å²) in [6.07, 6.45) is 1.37. The molecule has 3 aromatic rings. The summed E-state index contributed by atoms with van der Waals surface area (Å²) in [5.41, 5.74) is 0.844. The van der Waals surface area contributed by atoms with E-state index in [1.807, 2.05) is 0 Å². The highest BCUT2D eigenvalue weighted by Gasteiger charge is 2.28. The Morgan fingerprint density at radius 3 is 2.14 bits per heavy atom. The fourth-order valence-electron chi connectivity index (χ4n) is 3.28. The molecular weight excluding hydrogens is 368 g/mol. The zero-order chi connectivity index (χ0) is 19.8. The van der Waals surface area contributed by atoms with Crippen molar-refractivity contribution in [1.29, 1.82) is 0 Å². The van der Waals surface area contributed by atoms with Crippen LogP contribution in [0.25, 0.3) is 22.1 Å². The van der Waals surface area contributed by atoms with Gasteiger partial charge in [0.25, 0.3) is 0 Å². The fraction of sp³-hybridized carbons (Fsp3) is 0.250. The minimum Gasteiger partial charge on any atom is -0.492 e. The van der Waals surface area contributed by atoms with Crippen molar-refractivity contribution in [2.75, 3.05) is 35.2 Å². The monoisotopic (exact) mass is 386 g/mol. The van der Waals surface area contributed by atoms with E-state index in [1.54, 1.807) is 18.2 Å². The highest BCUT2D eigenvalue weighted by atomic mass is 16.7. The lowest BCUT2D eigenvalue weighted by Gasteiger charge is -2.17. The molecule has 2 heterocycles. The molecule has 0 unspecified atom stereocenters. The number of fused-ring (bicyclic) bond motifs is 2. The first-order valence-electron chi connectivity index (χ1n) is 8.36. The van der Waals surface area contributed by atoms with Crippen molar-refractivity contribution in [3.05, 3.63) is 34.7 Å². The van der Waals surface area contributed by atoms with Crippen LogP contribution in [-0.2, 0) is 0 Å². The van der Waals surface area contributed by atoms with E-state index in [9.17, 15) is 4.79 Å². The third kappa shape index (κ3) is 2.49. The third-order valence-electron chi connectivity index (χ3n) is 4.55. The van der Waals surface area contributed by atoms with Crippen LogP contribution in [0.15, 0.2) is 33.7 Å². The van der Waals surface area contributed by atoms with Crippen LogP contribution >= 0.6 is 0 Å². The minimum atomic E-state index is -0.309. The van der Waals surface area contributed by atoms with Crippen molar-refractivity contribution in [2.24, 2.45) is 0 Å². The lowest BCUT2D eigenvalue weighted by molar-refractivity contribution is 0.174. The van der Waals surface area contributed by atoms with Crippen molar-refractivity contribution >= 4 is 11.0 Å². The highest BCUT2D eigenvalue weighted by Crippen LogP contribution is 2.50. The van der Waals surface area contributed by atoms with Crippen molar-refractivity contribution < 1.29 is 32.8 Å². The first-order valence-corrected chi connectivity index (χ1v) is 8.36. The van der Waals surface area contributed by atoms with Crippen molar-refractivity contribution in [3.63, 3.8) is 0 Å². The quantitative estimate of drug-likeness (QED) is 0.661. The Balaban J connectivity index is 2.05. The number of benzene rings is 2. The van der Waals surface area contributed by atoms with Crippen LogP contribution in [0.3, 0.4) is 0 Å². The van der Waals surface area contributed by atoms with Crippen LogP contribution in [0, 0.1) is 0 Å². The van der Waals surface area contributed by atoms with Gasteiger partial charge in [-0.3, -0.25) is 4.79 Å². The minimum absolute atomic E-state index is 0.146. The van der Waals surface area contributed by atoms with Gasteiger partial charge in [-0.2, -0.15) is 0 Å². The van der Waals surface area contributed by atoms with E-state index in [4.69, 9.17) is 32.8 Å². The molecule has 0 radical (unpaired) electrons. The van der Waals surface area contributed by atoms with Crippen LogP contribution in [-0.4, -0.2) is 35.2 Å². The van der Waals surface area contributed by atoms with Crippen molar-refractivity contribution in [2.45, 2.75) is 0 Å². The van der Waals surface area contributed by atoms with Crippen LogP contribution in [0.1, 0.15) is 0 Å². The largest absolute Gasteiger partial charge is 0.492 e. The molecule has 1 aliphatic rings. The molecule has 146 valence electrons. The maximum absolute atomic E-state index is 13.4. The Hall–Kier alpha value is -3.55. The zero-order valence-electron chi connectivity index (χ0n) is 15.8. The number of methoxy groups -OCH3 is 4. The zero-order valence-corrected chi connectivity index (χ0v) is 15.8. The Morgan fingerprint density at radius 1 is 0.821 bits per heavy atom. The molecule has 4 rings (SSSR count). The summed E-state index contributed by atoms with van der Waals surface area (Å²) in [4.78, 5) is 13.4. The van der Waals surface area contributed by atoms with Gasteiger partial charge >= 0.3 is 0 Å².